The number of carboxylic acid groups (broad SMARTS) is 1. The van der Waals surface area contributed by atoms with Gasteiger partial charge in [0.15, 0.2) is 0 Å². The highest BCUT2D eigenvalue weighted by Gasteiger charge is 2.38. The minimum absolute atomic E-state index is 0.0271. The third-order valence-corrected chi connectivity index (χ3v) is 8.10. The molecule has 1 N–H and O–H groups in total. The molecule has 0 bridgehead atoms. The molecule has 3 aromatic rings. The molecular weight excluding hydrogens is 585 g/mol. The predicted octanol–water partition coefficient (Wildman–Crippen LogP) is 6.69. The van der Waals surface area contributed by atoms with Gasteiger partial charge in [-0.05, 0) is 66.1 Å². The lowest BCUT2D eigenvalue weighted by atomic mass is 10.0. The van der Waals surface area contributed by atoms with E-state index in [1.807, 2.05) is 0 Å². The van der Waals surface area contributed by atoms with E-state index in [1.54, 1.807) is 0 Å². The van der Waals surface area contributed by atoms with E-state index in [9.17, 15) is 40.3 Å². The molecule has 214 valence electrons. The summed E-state index contributed by atoms with van der Waals surface area (Å²) in [4.78, 5) is 10.8. The molecule has 2 atom stereocenters. The number of halogens is 6. The van der Waals surface area contributed by atoms with Crippen LogP contribution >= 0.6 is 11.6 Å². The molecule has 0 aromatic heterocycles. The number of nitrogens with zero attached hydrogens (tertiary/aromatic N) is 1. The summed E-state index contributed by atoms with van der Waals surface area (Å²) in [6.45, 7) is -2.11. The van der Waals surface area contributed by atoms with Crippen molar-refractivity contribution in [1.82, 2.24) is 0 Å². The van der Waals surface area contributed by atoms with Crippen molar-refractivity contribution in [1.29, 1.82) is 0 Å². The summed E-state index contributed by atoms with van der Waals surface area (Å²) in [5, 5.41) is 9.37. The van der Waals surface area contributed by atoms with Crippen LogP contribution in [-0.4, -0.2) is 38.8 Å². The van der Waals surface area contributed by atoms with Crippen LogP contribution in [-0.2, 0) is 21.0 Å². The van der Waals surface area contributed by atoms with Crippen molar-refractivity contribution in [3.8, 4) is 22.6 Å². The zero-order valence-corrected chi connectivity index (χ0v) is 22.1. The van der Waals surface area contributed by atoms with Gasteiger partial charge in [0.1, 0.15) is 17.6 Å². The third kappa shape index (κ3) is 6.41. The van der Waals surface area contributed by atoms with Crippen molar-refractivity contribution >= 4 is 33.3 Å². The minimum atomic E-state index is -4.80. The standard InChI is InChI=1S/C26H21ClF5NO6S/c1-14(24(34)35)7-20-13-33(40(36,37)21-4-2-3-17(11-21)26(30,31)32)22-10-15(5-6-23(22)38-20)16-8-18(27)12-19(9-16)39-25(28)29/h2-6,8-12,14,20,25H,7,13H2,1H3,(H,34,35)/t14?,20-/m0/s1. The van der Waals surface area contributed by atoms with Crippen molar-refractivity contribution in [2.45, 2.75) is 37.1 Å². The fraction of sp³-hybridized carbons (Fsp3) is 0.269. The number of aliphatic carboxylic acids is 1. The van der Waals surface area contributed by atoms with Gasteiger partial charge in [-0.25, -0.2) is 8.42 Å². The largest absolute Gasteiger partial charge is 0.486 e. The lowest BCUT2D eigenvalue weighted by Crippen LogP contribution is -2.44. The Kier molecular flexibility index (Phi) is 8.18. The quantitative estimate of drug-likeness (QED) is 0.288. The Balaban J connectivity index is 1.83. The maximum atomic E-state index is 13.7. The van der Waals surface area contributed by atoms with Crippen LogP contribution in [0.3, 0.4) is 0 Å². The zero-order chi connectivity index (χ0) is 29.4. The monoisotopic (exact) mass is 605 g/mol. The average molecular weight is 606 g/mol. The molecule has 1 aliphatic heterocycles. The summed E-state index contributed by atoms with van der Waals surface area (Å²) >= 11 is 6.06. The van der Waals surface area contributed by atoms with Gasteiger partial charge in [-0.3, -0.25) is 9.10 Å². The summed E-state index contributed by atoms with van der Waals surface area (Å²) in [6, 6.07) is 11.3. The van der Waals surface area contributed by atoms with E-state index in [1.165, 1.54) is 37.3 Å². The Morgan fingerprint density at radius 2 is 1.85 bits per heavy atom. The summed E-state index contributed by atoms with van der Waals surface area (Å²) in [7, 11) is -4.62. The molecular formula is C26H21ClF5NO6S. The van der Waals surface area contributed by atoms with Crippen LogP contribution in [0.1, 0.15) is 18.9 Å². The van der Waals surface area contributed by atoms with E-state index >= 15 is 0 Å². The molecule has 1 aliphatic rings. The van der Waals surface area contributed by atoms with Gasteiger partial charge >= 0.3 is 18.8 Å². The lowest BCUT2D eigenvalue weighted by Gasteiger charge is -2.36. The van der Waals surface area contributed by atoms with E-state index < -0.39 is 57.8 Å². The van der Waals surface area contributed by atoms with Crippen LogP contribution in [0.4, 0.5) is 27.6 Å². The van der Waals surface area contributed by atoms with Crippen molar-refractivity contribution in [2.24, 2.45) is 5.92 Å². The molecule has 0 saturated carbocycles. The van der Waals surface area contributed by atoms with Crippen LogP contribution in [0, 0.1) is 5.92 Å². The highest BCUT2D eigenvalue weighted by atomic mass is 35.5. The van der Waals surface area contributed by atoms with Gasteiger partial charge in [0.05, 0.1) is 28.6 Å². The first kappa shape index (κ1) is 29.4. The first-order valence-electron chi connectivity index (χ1n) is 11.6. The SMILES string of the molecule is CC(C[C@H]1CN(S(=O)(=O)c2cccc(C(F)(F)F)c2)c2cc(-c3cc(Cl)cc(OC(F)F)c3)ccc2O1)C(=O)O. The molecule has 14 heteroatoms. The molecule has 1 unspecified atom stereocenters. The number of benzene rings is 3. The maximum absolute atomic E-state index is 13.7. The van der Waals surface area contributed by atoms with Crippen molar-refractivity contribution in [3.05, 3.63) is 71.2 Å². The number of carboxylic acids is 1. The first-order chi connectivity index (χ1) is 18.6. The van der Waals surface area contributed by atoms with Crippen molar-refractivity contribution in [3.63, 3.8) is 0 Å². The van der Waals surface area contributed by atoms with E-state index in [0.717, 1.165) is 28.6 Å². The second-order valence-corrected chi connectivity index (χ2v) is 11.3. The minimum Gasteiger partial charge on any atom is -0.486 e. The first-order valence-corrected chi connectivity index (χ1v) is 13.5. The molecule has 0 fully saturated rings. The number of carbonyl (C=O) groups is 1. The Morgan fingerprint density at radius 3 is 2.50 bits per heavy atom. The average Bonchev–Trinajstić information content (AvgIpc) is 2.86. The number of sulfonamides is 1. The van der Waals surface area contributed by atoms with Crippen LogP contribution in [0.15, 0.2) is 65.6 Å². The normalized spacial score (nSPS) is 16.3. The fourth-order valence-electron chi connectivity index (χ4n) is 4.20. The van der Waals surface area contributed by atoms with Crippen molar-refractivity contribution in [2.75, 3.05) is 10.8 Å². The molecule has 0 aliphatic carbocycles. The van der Waals surface area contributed by atoms with Crippen LogP contribution in [0.2, 0.25) is 5.02 Å². The number of fused-ring (bicyclic) bond motifs is 1. The third-order valence-electron chi connectivity index (χ3n) is 6.11. The van der Waals surface area contributed by atoms with Gasteiger partial charge in [0.2, 0.25) is 0 Å². The summed E-state index contributed by atoms with van der Waals surface area (Å²) in [6.07, 6.45) is -5.83. The number of hydrogen-bond acceptors (Lipinski definition) is 5. The molecule has 4 rings (SSSR count). The van der Waals surface area contributed by atoms with Gasteiger partial charge < -0.3 is 14.6 Å². The Morgan fingerprint density at radius 1 is 1.12 bits per heavy atom. The number of rotatable bonds is 8. The van der Waals surface area contributed by atoms with E-state index in [2.05, 4.69) is 4.74 Å². The van der Waals surface area contributed by atoms with E-state index in [0.29, 0.717) is 11.6 Å². The zero-order valence-electron chi connectivity index (χ0n) is 20.5. The predicted molar refractivity (Wildman–Crippen MR) is 135 cm³/mol. The Hall–Kier alpha value is -3.58. The molecule has 0 saturated heterocycles. The summed E-state index contributed by atoms with van der Waals surface area (Å²) in [5.74, 6) is -2.27. The fourth-order valence-corrected chi connectivity index (χ4v) is 5.97. The number of ether oxygens (including phenoxy) is 2. The molecule has 1 heterocycles. The van der Waals surface area contributed by atoms with E-state index in [-0.39, 0.29) is 34.2 Å². The number of hydrogen-bond donors (Lipinski definition) is 1. The lowest BCUT2D eigenvalue weighted by molar-refractivity contribution is -0.142. The van der Waals surface area contributed by atoms with Gasteiger partial charge in [0.25, 0.3) is 10.0 Å². The number of anilines is 1. The Bertz CT molecular complexity index is 1530. The maximum Gasteiger partial charge on any atom is 0.416 e. The van der Waals surface area contributed by atoms with Crippen LogP contribution in [0.5, 0.6) is 11.5 Å². The van der Waals surface area contributed by atoms with Gasteiger partial charge in [-0.15, -0.1) is 0 Å². The molecule has 3 aromatic carbocycles. The summed E-state index contributed by atoms with van der Waals surface area (Å²) < 4.78 is 104. The Labute approximate surface area is 230 Å². The molecule has 0 spiro atoms. The van der Waals surface area contributed by atoms with Gasteiger partial charge in [-0.2, -0.15) is 22.0 Å². The van der Waals surface area contributed by atoms with Crippen LogP contribution in [0.25, 0.3) is 11.1 Å². The summed E-state index contributed by atoms with van der Waals surface area (Å²) in [5.41, 5.74) is -0.627. The number of alkyl halides is 5. The van der Waals surface area contributed by atoms with Crippen molar-refractivity contribution < 1.29 is 49.7 Å². The second kappa shape index (κ2) is 11.1. The highest BCUT2D eigenvalue weighted by molar-refractivity contribution is 7.92. The molecule has 0 amide bonds. The van der Waals surface area contributed by atoms with Gasteiger partial charge in [-0.1, -0.05) is 30.7 Å². The molecule has 7 nitrogen and oxygen atoms in total. The topological polar surface area (TPSA) is 93.1 Å². The van der Waals surface area contributed by atoms with E-state index in [4.69, 9.17) is 16.3 Å². The second-order valence-electron chi connectivity index (χ2n) is 9.01. The van der Waals surface area contributed by atoms with Gasteiger partial charge in [0, 0.05) is 5.02 Å². The highest BCUT2D eigenvalue weighted by Crippen LogP contribution is 2.42. The van der Waals surface area contributed by atoms with Crippen LogP contribution < -0.4 is 13.8 Å². The molecule has 40 heavy (non-hydrogen) atoms. The molecule has 0 radical (unpaired) electrons. The smallest absolute Gasteiger partial charge is 0.416 e.